The Kier molecular flexibility index (Phi) is 4.10. The molecule has 0 aliphatic carbocycles. The Morgan fingerprint density at radius 1 is 1.26 bits per heavy atom. The molecule has 1 heterocycles. The maximum atomic E-state index is 11.0. The number of ether oxygens (including phenoxy) is 1. The summed E-state index contributed by atoms with van der Waals surface area (Å²) in [5.74, 6) is 0.165. The van der Waals surface area contributed by atoms with Crippen LogP contribution in [0.1, 0.15) is 22.0 Å². The molecule has 0 aliphatic heterocycles. The number of primary amides is 1. The molecule has 0 saturated heterocycles. The lowest BCUT2D eigenvalue weighted by Gasteiger charge is -2.17. The van der Waals surface area contributed by atoms with Crippen LogP contribution in [0.4, 0.5) is 0 Å². The van der Waals surface area contributed by atoms with Gasteiger partial charge in [0.05, 0.1) is 0 Å². The number of carbonyl (C=O) groups excluding carboxylic acids is 1. The van der Waals surface area contributed by atoms with Gasteiger partial charge in [-0.05, 0) is 30.3 Å². The van der Waals surface area contributed by atoms with Crippen LogP contribution in [0.25, 0.3) is 0 Å². The number of nitrogens with two attached hydrogens (primary N) is 2. The molecule has 0 aliphatic rings. The average Bonchev–Trinajstić information content (AvgIpc) is 2.46. The van der Waals surface area contributed by atoms with Crippen LogP contribution < -0.4 is 16.2 Å². The predicted octanol–water partition coefficient (Wildman–Crippen LogP) is 1.26. The van der Waals surface area contributed by atoms with Crippen molar-refractivity contribution in [1.82, 2.24) is 4.98 Å². The molecule has 2 aromatic rings. The van der Waals surface area contributed by atoms with Gasteiger partial charge in [0.1, 0.15) is 11.9 Å². The Morgan fingerprint density at radius 2 is 2.00 bits per heavy atom. The quantitative estimate of drug-likeness (QED) is 0.843. The third kappa shape index (κ3) is 3.29. The first-order valence-corrected chi connectivity index (χ1v) is 5.87. The number of carbonyl (C=O) groups is 1. The van der Waals surface area contributed by atoms with Crippen molar-refractivity contribution in [1.29, 1.82) is 0 Å². The zero-order valence-corrected chi connectivity index (χ0v) is 10.3. The van der Waals surface area contributed by atoms with Gasteiger partial charge in [0.15, 0.2) is 0 Å². The van der Waals surface area contributed by atoms with Gasteiger partial charge >= 0.3 is 0 Å². The highest BCUT2D eigenvalue weighted by Crippen LogP contribution is 2.21. The third-order valence-corrected chi connectivity index (χ3v) is 2.69. The minimum Gasteiger partial charge on any atom is -0.484 e. The summed E-state index contributed by atoms with van der Waals surface area (Å²) >= 11 is 0. The van der Waals surface area contributed by atoms with Crippen molar-refractivity contribution in [3.63, 3.8) is 0 Å². The summed E-state index contributed by atoms with van der Waals surface area (Å²) in [5, 5.41) is 0. The standard InChI is InChI=1S/C14H15N3O2/c15-8-13(11-2-1-7-17-9-11)19-12-5-3-10(4-6-12)14(16)18/h1-7,9,13H,8,15H2,(H2,16,18). The van der Waals surface area contributed by atoms with Crippen molar-refractivity contribution in [3.05, 3.63) is 59.9 Å². The van der Waals surface area contributed by atoms with Gasteiger partial charge in [-0.15, -0.1) is 0 Å². The summed E-state index contributed by atoms with van der Waals surface area (Å²) in [5.41, 5.74) is 12.2. The van der Waals surface area contributed by atoms with E-state index in [1.807, 2.05) is 12.1 Å². The lowest BCUT2D eigenvalue weighted by atomic mass is 10.1. The van der Waals surface area contributed by atoms with Gasteiger partial charge in [0, 0.05) is 30.1 Å². The molecular weight excluding hydrogens is 242 g/mol. The van der Waals surface area contributed by atoms with E-state index in [0.717, 1.165) is 5.56 Å². The van der Waals surface area contributed by atoms with Gasteiger partial charge in [0.25, 0.3) is 0 Å². The van der Waals surface area contributed by atoms with Gasteiger partial charge in [-0.2, -0.15) is 0 Å². The van der Waals surface area contributed by atoms with E-state index >= 15 is 0 Å². The van der Waals surface area contributed by atoms with Crippen molar-refractivity contribution >= 4 is 5.91 Å². The Bertz CT molecular complexity index is 540. The molecule has 1 amide bonds. The lowest BCUT2D eigenvalue weighted by Crippen LogP contribution is -2.18. The SMILES string of the molecule is NCC(Oc1ccc(C(N)=O)cc1)c1cccnc1. The van der Waals surface area contributed by atoms with Gasteiger partial charge in [0.2, 0.25) is 5.91 Å². The molecule has 4 N–H and O–H groups in total. The van der Waals surface area contributed by atoms with E-state index in [9.17, 15) is 4.79 Å². The Morgan fingerprint density at radius 3 is 2.53 bits per heavy atom. The number of benzene rings is 1. The summed E-state index contributed by atoms with van der Waals surface area (Å²) in [6, 6.07) is 10.4. The third-order valence-electron chi connectivity index (χ3n) is 2.69. The Labute approximate surface area is 111 Å². The number of pyridine rings is 1. The fourth-order valence-electron chi connectivity index (χ4n) is 1.68. The smallest absolute Gasteiger partial charge is 0.248 e. The van der Waals surface area contributed by atoms with Crippen molar-refractivity contribution in [2.24, 2.45) is 11.5 Å². The fraction of sp³-hybridized carbons (Fsp3) is 0.143. The van der Waals surface area contributed by atoms with Crippen LogP contribution in [0.2, 0.25) is 0 Å². The molecule has 19 heavy (non-hydrogen) atoms. The number of aromatic nitrogens is 1. The second-order valence-electron chi connectivity index (χ2n) is 4.02. The number of rotatable bonds is 5. The highest BCUT2D eigenvalue weighted by molar-refractivity contribution is 5.92. The fourth-order valence-corrected chi connectivity index (χ4v) is 1.68. The summed E-state index contributed by atoms with van der Waals surface area (Å²) < 4.78 is 5.77. The molecule has 2 rings (SSSR count). The van der Waals surface area contributed by atoms with Crippen molar-refractivity contribution in [3.8, 4) is 5.75 Å². The summed E-state index contributed by atoms with van der Waals surface area (Å²) in [6.07, 6.45) is 3.14. The Balaban J connectivity index is 2.12. The second kappa shape index (κ2) is 5.97. The van der Waals surface area contributed by atoms with Crippen LogP contribution >= 0.6 is 0 Å². The first-order valence-electron chi connectivity index (χ1n) is 5.87. The zero-order chi connectivity index (χ0) is 13.7. The molecular formula is C14H15N3O2. The van der Waals surface area contributed by atoms with E-state index < -0.39 is 5.91 Å². The highest BCUT2D eigenvalue weighted by atomic mass is 16.5. The van der Waals surface area contributed by atoms with Gasteiger partial charge in [-0.3, -0.25) is 9.78 Å². The molecule has 1 aromatic heterocycles. The summed E-state index contributed by atoms with van der Waals surface area (Å²) in [6.45, 7) is 0.337. The molecule has 1 atom stereocenters. The van der Waals surface area contributed by atoms with Gasteiger partial charge in [-0.25, -0.2) is 0 Å². The minimum atomic E-state index is -0.464. The van der Waals surface area contributed by atoms with Crippen molar-refractivity contribution in [2.45, 2.75) is 6.10 Å². The van der Waals surface area contributed by atoms with Gasteiger partial charge in [-0.1, -0.05) is 6.07 Å². The van der Waals surface area contributed by atoms with E-state index in [1.54, 1.807) is 36.7 Å². The molecule has 1 unspecified atom stereocenters. The number of hydrogen-bond acceptors (Lipinski definition) is 4. The molecule has 0 spiro atoms. The van der Waals surface area contributed by atoms with E-state index in [-0.39, 0.29) is 6.10 Å². The lowest BCUT2D eigenvalue weighted by molar-refractivity contribution is 0.1000. The maximum absolute atomic E-state index is 11.0. The van der Waals surface area contributed by atoms with E-state index in [4.69, 9.17) is 16.2 Å². The molecule has 98 valence electrons. The number of amides is 1. The summed E-state index contributed by atoms with van der Waals surface area (Å²) in [7, 11) is 0. The molecule has 0 fully saturated rings. The molecule has 5 heteroatoms. The number of hydrogen-bond donors (Lipinski definition) is 2. The van der Waals surface area contributed by atoms with Crippen LogP contribution in [-0.4, -0.2) is 17.4 Å². The minimum absolute atomic E-state index is 0.270. The van der Waals surface area contributed by atoms with E-state index in [0.29, 0.717) is 17.9 Å². The predicted molar refractivity (Wildman–Crippen MR) is 71.6 cm³/mol. The van der Waals surface area contributed by atoms with Crippen LogP contribution in [-0.2, 0) is 0 Å². The molecule has 5 nitrogen and oxygen atoms in total. The van der Waals surface area contributed by atoms with Crippen LogP contribution in [0.15, 0.2) is 48.8 Å². The first kappa shape index (κ1) is 13.0. The van der Waals surface area contributed by atoms with Crippen molar-refractivity contribution in [2.75, 3.05) is 6.54 Å². The highest BCUT2D eigenvalue weighted by Gasteiger charge is 2.11. The topological polar surface area (TPSA) is 91.2 Å². The second-order valence-corrected chi connectivity index (χ2v) is 4.02. The first-order chi connectivity index (χ1) is 9.20. The molecule has 0 bridgehead atoms. The average molecular weight is 257 g/mol. The van der Waals surface area contributed by atoms with E-state index in [2.05, 4.69) is 4.98 Å². The monoisotopic (exact) mass is 257 g/mol. The molecule has 1 aromatic carbocycles. The van der Waals surface area contributed by atoms with E-state index in [1.165, 1.54) is 0 Å². The summed E-state index contributed by atoms with van der Waals surface area (Å²) in [4.78, 5) is 15.0. The van der Waals surface area contributed by atoms with Gasteiger partial charge < -0.3 is 16.2 Å². The van der Waals surface area contributed by atoms with Crippen LogP contribution in [0.5, 0.6) is 5.75 Å². The maximum Gasteiger partial charge on any atom is 0.248 e. The molecule has 0 saturated carbocycles. The normalized spacial score (nSPS) is 11.8. The van der Waals surface area contributed by atoms with Crippen LogP contribution in [0, 0.1) is 0 Å². The van der Waals surface area contributed by atoms with Crippen molar-refractivity contribution < 1.29 is 9.53 Å². The number of nitrogens with zero attached hydrogens (tertiary/aromatic N) is 1. The molecule has 0 radical (unpaired) electrons. The van der Waals surface area contributed by atoms with Crippen LogP contribution in [0.3, 0.4) is 0 Å². The Hall–Kier alpha value is -2.40. The zero-order valence-electron chi connectivity index (χ0n) is 10.3. The largest absolute Gasteiger partial charge is 0.484 e.